The zero-order chi connectivity index (χ0) is 48.2. The van der Waals surface area contributed by atoms with Gasteiger partial charge in [-0.3, -0.25) is 0 Å². The third kappa shape index (κ3) is 6.82. The van der Waals surface area contributed by atoms with Crippen molar-refractivity contribution in [3.8, 4) is 39.1 Å². The SMILES string of the molecule is CC.c1ccc(-c2ccc3c(c2)B2c4c(cc(-c5cccc(S(c6ccccc6)(c6ccccc6)c6ccccc6)c5)cc4-n4c5ccccc5c5cc(-c6ccccc6)cc2c54)N3c2ccccc2)cc1. The molecule has 0 saturated heterocycles. The molecule has 0 amide bonds. The highest BCUT2D eigenvalue weighted by atomic mass is 32.3. The molecular weight excluding hydrogens is 888 g/mol. The number of para-hydroxylation sites is 2. The Labute approximate surface area is 424 Å². The second-order valence-electron chi connectivity index (χ2n) is 18.4. The van der Waals surface area contributed by atoms with Gasteiger partial charge in [0.15, 0.2) is 0 Å². The molecule has 0 bridgehead atoms. The number of hydrogen-bond donors (Lipinski definition) is 0. The molecular formula is C68H51BN2S. The Morgan fingerprint density at radius 2 is 0.792 bits per heavy atom. The van der Waals surface area contributed by atoms with E-state index in [1.54, 1.807) is 0 Å². The summed E-state index contributed by atoms with van der Waals surface area (Å²) in [6.45, 7) is 3.96. The molecule has 12 aromatic rings. The first-order valence-corrected chi connectivity index (χ1v) is 26.8. The lowest BCUT2D eigenvalue weighted by atomic mass is 9.33. The molecule has 0 aliphatic carbocycles. The van der Waals surface area contributed by atoms with Crippen LogP contribution in [0.15, 0.2) is 293 Å². The average molecular weight is 939 g/mol. The summed E-state index contributed by atoms with van der Waals surface area (Å²) in [4.78, 5) is 7.76. The topological polar surface area (TPSA) is 8.17 Å². The second kappa shape index (κ2) is 18.0. The number of hydrogen-bond acceptors (Lipinski definition) is 1. The lowest BCUT2D eigenvalue weighted by molar-refractivity contribution is 1.18. The molecule has 1 aromatic heterocycles. The molecule has 4 heteroatoms. The molecule has 0 unspecified atom stereocenters. The zero-order valence-corrected chi connectivity index (χ0v) is 41.2. The van der Waals surface area contributed by atoms with Gasteiger partial charge >= 0.3 is 0 Å². The van der Waals surface area contributed by atoms with Crippen molar-refractivity contribution in [2.75, 3.05) is 4.90 Å². The molecule has 0 radical (unpaired) electrons. The van der Waals surface area contributed by atoms with Gasteiger partial charge in [-0.05, 0) is 141 Å². The van der Waals surface area contributed by atoms with E-state index >= 15 is 0 Å². The Bertz CT molecular complexity index is 3840. The summed E-state index contributed by atoms with van der Waals surface area (Å²) in [6.07, 6.45) is 0. The number of aromatic nitrogens is 1. The van der Waals surface area contributed by atoms with E-state index in [0.717, 1.165) is 5.69 Å². The van der Waals surface area contributed by atoms with Gasteiger partial charge in [0.05, 0.1) is 5.52 Å². The second-order valence-corrected chi connectivity index (χ2v) is 21.5. The van der Waals surface area contributed by atoms with Crippen LogP contribution in [-0.4, -0.2) is 11.3 Å². The van der Waals surface area contributed by atoms with Gasteiger partial charge in [-0.25, -0.2) is 0 Å². The predicted molar refractivity (Wildman–Crippen MR) is 308 cm³/mol. The van der Waals surface area contributed by atoms with Crippen molar-refractivity contribution < 1.29 is 0 Å². The number of nitrogens with zero attached hydrogens (tertiary/aromatic N) is 2. The molecule has 0 N–H and O–H groups in total. The largest absolute Gasteiger partial charge is 0.311 e. The minimum atomic E-state index is -1.93. The van der Waals surface area contributed by atoms with E-state index in [2.05, 4.69) is 282 Å². The van der Waals surface area contributed by atoms with Gasteiger partial charge in [-0.1, -0.05) is 196 Å². The van der Waals surface area contributed by atoms with Crippen molar-refractivity contribution in [1.29, 1.82) is 0 Å². The molecule has 0 atom stereocenters. The zero-order valence-electron chi connectivity index (χ0n) is 40.4. The molecule has 14 rings (SSSR count). The molecule has 0 saturated carbocycles. The first-order valence-electron chi connectivity index (χ1n) is 25.2. The van der Waals surface area contributed by atoms with E-state index in [0.29, 0.717) is 0 Å². The highest BCUT2D eigenvalue weighted by molar-refractivity contribution is 8.34. The van der Waals surface area contributed by atoms with Gasteiger partial charge in [0, 0.05) is 58.6 Å². The lowest BCUT2D eigenvalue weighted by Gasteiger charge is -2.42. The molecule has 2 aliphatic heterocycles. The van der Waals surface area contributed by atoms with Crippen LogP contribution in [0.3, 0.4) is 0 Å². The van der Waals surface area contributed by atoms with E-state index in [4.69, 9.17) is 0 Å². The quantitative estimate of drug-likeness (QED) is 0.138. The average Bonchev–Trinajstić information content (AvgIpc) is 3.81. The predicted octanol–water partition coefficient (Wildman–Crippen LogP) is 16.8. The van der Waals surface area contributed by atoms with E-state index in [1.807, 2.05) is 13.8 Å². The third-order valence-electron chi connectivity index (χ3n) is 14.6. The van der Waals surface area contributed by atoms with Crippen molar-refractivity contribution >= 4 is 72.0 Å². The summed E-state index contributed by atoms with van der Waals surface area (Å²) in [7, 11) is -1.93. The van der Waals surface area contributed by atoms with Crippen LogP contribution in [0.2, 0.25) is 0 Å². The Kier molecular flexibility index (Phi) is 10.9. The van der Waals surface area contributed by atoms with E-state index < -0.39 is 10.0 Å². The molecule has 2 nitrogen and oxygen atoms in total. The highest BCUT2D eigenvalue weighted by Crippen LogP contribution is 2.73. The number of anilines is 3. The summed E-state index contributed by atoms with van der Waals surface area (Å²) in [5.41, 5.74) is 18.4. The van der Waals surface area contributed by atoms with Crippen LogP contribution in [0.5, 0.6) is 0 Å². The standard InChI is InChI=1S/C66H45BN2S.C2H6/c1-7-22-46(23-8-1)49-38-39-62-59(42-49)67-60-43-50(47-24-9-2-10-25-47)41-58-57-36-19-20-37-61(57)69(66(58)60)64-45-51(44-63(65(64)67)68(62)52-27-11-3-12-28-52)48-26-21-35-56(40-48)70(53-29-13-4-14-30-53,54-31-15-5-16-32-54)55-33-17-6-18-34-55;1-2/h1-45H;1-2H3. The molecule has 0 spiro atoms. The Morgan fingerprint density at radius 1 is 0.319 bits per heavy atom. The Hall–Kier alpha value is -8.57. The fraction of sp³-hybridized carbons (Fsp3) is 0.0294. The normalized spacial score (nSPS) is 12.5. The van der Waals surface area contributed by atoms with E-state index in [1.165, 1.54) is 108 Å². The van der Waals surface area contributed by atoms with Crippen molar-refractivity contribution in [2.45, 2.75) is 33.4 Å². The summed E-state index contributed by atoms with van der Waals surface area (Å²) >= 11 is 0. The van der Waals surface area contributed by atoms with Gasteiger partial charge in [-0.15, -0.1) is 10.0 Å². The van der Waals surface area contributed by atoms with Gasteiger partial charge in [0.2, 0.25) is 0 Å². The molecule has 11 aromatic carbocycles. The minimum absolute atomic E-state index is 0.0432. The molecule has 2 aliphatic rings. The number of fused-ring (bicyclic) bond motifs is 7. The molecule has 3 heterocycles. The van der Waals surface area contributed by atoms with Crippen LogP contribution < -0.4 is 21.3 Å². The lowest BCUT2D eigenvalue weighted by Crippen LogP contribution is -2.60. The maximum absolute atomic E-state index is 2.60. The third-order valence-corrected chi connectivity index (χ3v) is 18.5. The van der Waals surface area contributed by atoms with E-state index in [-0.39, 0.29) is 6.71 Å². The maximum atomic E-state index is 2.60. The van der Waals surface area contributed by atoms with Crippen molar-refractivity contribution in [3.05, 3.63) is 273 Å². The number of rotatable bonds is 8. The minimum Gasteiger partial charge on any atom is -0.311 e. The van der Waals surface area contributed by atoms with Crippen LogP contribution in [0.4, 0.5) is 17.1 Å². The first kappa shape index (κ1) is 43.5. The van der Waals surface area contributed by atoms with Gasteiger partial charge < -0.3 is 9.47 Å². The fourth-order valence-electron chi connectivity index (χ4n) is 11.7. The smallest absolute Gasteiger partial charge is 0.252 e. The van der Waals surface area contributed by atoms with Crippen LogP contribution in [0.1, 0.15) is 13.8 Å². The summed E-state index contributed by atoms with van der Waals surface area (Å²) in [5, 5.41) is 2.54. The monoisotopic (exact) mass is 938 g/mol. The van der Waals surface area contributed by atoms with Gasteiger partial charge in [0.1, 0.15) is 0 Å². The molecule has 342 valence electrons. The van der Waals surface area contributed by atoms with Gasteiger partial charge in [-0.2, -0.15) is 0 Å². The van der Waals surface area contributed by atoms with Crippen LogP contribution in [0, 0.1) is 0 Å². The van der Waals surface area contributed by atoms with Crippen molar-refractivity contribution in [3.63, 3.8) is 0 Å². The number of benzene rings is 11. The molecule has 72 heavy (non-hydrogen) atoms. The maximum Gasteiger partial charge on any atom is 0.252 e. The van der Waals surface area contributed by atoms with E-state index in [9.17, 15) is 0 Å². The first-order chi connectivity index (χ1) is 35.7. The highest BCUT2D eigenvalue weighted by Gasteiger charge is 2.43. The Morgan fingerprint density at radius 3 is 1.42 bits per heavy atom. The Balaban J connectivity index is 0.00000249. The van der Waals surface area contributed by atoms with Crippen molar-refractivity contribution in [1.82, 2.24) is 4.57 Å². The molecule has 0 fully saturated rings. The summed E-state index contributed by atoms with van der Waals surface area (Å²) < 4.78 is 2.60. The van der Waals surface area contributed by atoms with Crippen LogP contribution in [-0.2, 0) is 0 Å². The van der Waals surface area contributed by atoms with Crippen LogP contribution >= 0.6 is 10.0 Å². The summed E-state index contributed by atoms with van der Waals surface area (Å²) in [6, 6.07) is 102. The summed E-state index contributed by atoms with van der Waals surface area (Å²) in [5.74, 6) is 0. The van der Waals surface area contributed by atoms with Crippen molar-refractivity contribution in [2.24, 2.45) is 0 Å². The van der Waals surface area contributed by atoms with Gasteiger partial charge in [0.25, 0.3) is 6.71 Å². The fourth-order valence-corrected chi connectivity index (χ4v) is 15.6. The van der Waals surface area contributed by atoms with Crippen LogP contribution in [0.25, 0.3) is 60.9 Å².